The summed E-state index contributed by atoms with van der Waals surface area (Å²) in [6, 6.07) is 10.9. The number of alkyl halides is 2. The van der Waals surface area contributed by atoms with Crippen molar-refractivity contribution in [3.63, 3.8) is 0 Å². The van der Waals surface area contributed by atoms with Gasteiger partial charge in [-0.05, 0) is 37.1 Å². The molecule has 0 saturated heterocycles. The van der Waals surface area contributed by atoms with Crippen LogP contribution >= 0.6 is 11.3 Å². The van der Waals surface area contributed by atoms with Gasteiger partial charge in [0.1, 0.15) is 0 Å². The van der Waals surface area contributed by atoms with Crippen molar-refractivity contribution in [1.82, 2.24) is 0 Å². The second-order valence-electron chi connectivity index (χ2n) is 6.92. The van der Waals surface area contributed by atoms with Crippen molar-refractivity contribution in [2.75, 3.05) is 0 Å². The third-order valence-corrected chi connectivity index (χ3v) is 5.70. The third-order valence-electron chi connectivity index (χ3n) is 4.65. The van der Waals surface area contributed by atoms with Crippen LogP contribution in [0.4, 0.5) is 8.78 Å². The summed E-state index contributed by atoms with van der Waals surface area (Å²) in [6.45, 7) is 4.24. The maximum atomic E-state index is 14.5. The van der Waals surface area contributed by atoms with Crippen molar-refractivity contribution in [1.29, 1.82) is 0 Å². The molecule has 0 unspecified atom stereocenters. The number of unbranched alkanes of at least 4 members (excludes halogenated alkanes) is 7. The number of rotatable bonds is 11. The molecule has 0 amide bonds. The van der Waals surface area contributed by atoms with E-state index < -0.39 is 5.92 Å². The Morgan fingerprint density at radius 2 is 1.56 bits per heavy atom. The Kier molecular flexibility index (Phi) is 8.08. The molecule has 1 aromatic carbocycles. The zero-order valence-electron chi connectivity index (χ0n) is 15.5. The van der Waals surface area contributed by atoms with Crippen molar-refractivity contribution < 1.29 is 8.78 Å². The summed E-state index contributed by atoms with van der Waals surface area (Å²) in [4.78, 5) is 2.26. The number of hydrogen-bond donors (Lipinski definition) is 0. The molecule has 3 heteroatoms. The van der Waals surface area contributed by atoms with Gasteiger partial charge in [-0.1, -0.05) is 70.1 Å². The minimum Gasteiger partial charge on any atom is -0.201 e. The van der Waals surface area contributed by atoms with Crippen molar-refractivity contribution in [2.45, 2.75) is 77.6 Å². The molecule has 0 aliphatic carbocycles. The van der Waals surface area contributed by atoms with Gasteiger partial charge in [0.15, 0.2) is 0 Å². The second-order valence-corrected chi connectivity index (χ2v) is 8.21. The van der Waals surface area contributed by atoms with E-state index in [1.54, 1.807) is 29.5 Å². The summed E-state index contributed by atoms with van der Waals surface area (Å²) in [7, 11) is 0. The van der Waals surface area contributed by atoms with Gasteiger partial charge in [-0.2, -0.15) is 0 Å². The molecule has 0 N–H and O–H groups in total. The van der Waals surface area contributed by atoms with E-state index in [2.05, 4.69) is 6.92 Å². The first-order chi connectivity index (χ1) is 12.0. The van der Waals surface area contributed by atoms with E-state index in [1.807, 2.05) is 25.1 Å². The first kappa shape index (κ1) is 20.1. The van der Waals surface area contributed by atoms with E-state index in [0.717, 1.165) is 23.3 Å². The molecule has 0 aliphatic rings. The predicted octanol–water partition coefficient (Wildman–Crippen LogP) is 8.35. The molecular weight excluding hydrogens is 334 g/mol. The molecule has 1 aromatic heterocycles. The normalized spacial score (nSPS) is 11.8. The first-order valence-corrected chi connectivity index (χ1v) is 10.4. The molecule has 0 aliphatic heterocycles. The average Bonchev–Trinajstić information content (AvgIpc) is 3.04. The van der Waals surface area contributed by atoms with Crippen LogP contribution in [-0.4, -0.2) is 0 Å². The number of halogens is 2. The lowest BCUT2D eigenvalue weighted by Crippen LogP contribution is -2.13. The molecule has 138 valence electrons. The molecule has 2 aromatic rings. The summed E-state index contributed by atoms with van der Waals surface area (Å²) < 4.78 is 29.1. The Balaban J connectivity index is 1.83. The van der Waals surface area contributed by atoms with Crippen LogP contribution in [0.5, 0.6) is 0 Å². The highest BCUT2D eigenvalue weighted by molar-refractivity contribution is 7.15. The van der Waals surface area contributed by atoms with Gasteiger partial charge in [-0.3, -0.25) is 0 Å². The van der Waals surface area contributed by atoms with Crippen LogP contribution in [0.2, 0.25) is 0 Å². The number of thiophene rings is 1. The van der Waals surface area contributed by atoms with Gasteiger partial charge in [0.2, 0.25) is 0 Å². The Bertz CT molecular complexity index is 630. The monoisotopic (exact) mass is 364 g/mol. The zero-order chi connectivity index (χ0) is 18.1. The lowest BCUT2D eigenvalue weighted by molar-refractivity contribution is -0.0158. The summed E-state index contributed by atoms with van der Waals surface area (Å²) in [6.07, 6.45) is 8.78. The smallest absolute Gasteiger partial charge is 0.201 e. The molecule has 0 radical (unpaired) electrons. The molecule has 0 spiro atoms. The van der Waals surface area contributed by atoms with Crippen LogP contribution in [0.3, 0.4) is 0 Å². The van der Waals surface area contributed by atoms with Gasteiger partial charge in [0.25, 0.3) is 5.92 Å². The maximum Gasteiger partial charge on any atom is 0.273 e. The topological polar surface area (TPSA) is 0 Å². The van der Waals surface area contributed by atoms with E-state index in [-0.39, 0.29) is 12.0 Å². The number of aryl methyl sites for hydroxylation is 1. The third kappa shape index (κ3) is 6.54. The van der Waals surface area contributed by atoms with Gasteiger partial charge >= 0.3 is 0 Å². The fourth-order valence-corrected chi connectivity index (χ4v) is 3.98. The predicted molar refractivity (Wildman–Crippen MR) is 106 cm³/mol. The molecule has 2 rings (SSSR count). The highest BCUT2D eigenvalue weighted by atomic mass is 32.1. The van der Waals surface area contributed by atoms with Gasteiger partial charge < -0.3 is 0 Å². The molecule has 0 fully saturated rings. The number of benzene rings is 1. The summed E-state index contributed by atoms with van der Waals surface area (Å²) in [5.74, 6) is -2.73. The summed E-state index contributed by atoms with van der Waals surface area (Å²) >= 11 is 1.65. The van der Waals surface area contributed by atoms with Crippen LogP contribution < -0.4 is 0 Å². The molecule has 0 nitrogen and oxygen atoms in total. The summed E-state index contributed by atoms with van der Waals surface area (Å²) in [5.41, 5.74) is 1.05. The molecule has 1 heterocycles. The lowest BCUT2D eigenvalue weighted by Gasteiger charge is -2.17. The average molecular weight is 365 g/mol. The van der Waals surface area contributed by atoms with Crippen molar-refractivity contribution in [2.24, 2.45) is 0 Å². The Morgan fingerprint density at radius 1 is 0.880 bits per heavy atom. The Hall–Kier alpha value is -1.22. The number of hydrogen-bond acceptors (Lipinski definition) is 1. The van der Waals surface area contributed by atoms with Crippen molar-refractivity contribution >= 4 is 11.3 Å². The first-order valence-electron chi connectivity index (χ1n) is 9.58. The largest absolute Gasteiger partial charge is 0.273 e. The molecule has 0 bridgehead atoms. The molecule has 0 saturated carbocycles. The van der Waals surface area contributed by atoms with Crippen LogP contribution in [0.25, 0.3) is 10.4 Å². The van der Waals surface area contributed by atoms with Crippen LogP contribution in [0, 0.1) is 6.92 Å². The summed E-state index contributed by atoms with van der Waals surface area (Å²) in [5, 5.41) is 0. The standard InChI is InChI=1S/C22H30F2S/c1-3-4-5-6-7-8-9-10-16-22(23,24)20-13-11-12-19(17-20)21-15-14-18(2)25-21/h11-15,17H,3-10,16H2,1-2H3. The van der Waals surface area contributed by atoms with Crippen molar-refractivity contribution in [3.8, 4) is 10.4 Å². The van der Waals surface area contributed by atoms with E-state index in [0.29, 0.717) is 6.42 Å². The second kappa shape index (κ2) is 10.1. The fraction of sp³-hybridized carbons (Fsp3) is 0.545. The minimum atomic E-state index is -2.73. The minimum absolute atomic E-state index is 0.0467. The molecule has 0 atom stereocenters. The van der Waals surface area contributed by atoms with Gasteiger partial charge in [0.05, 0.1) is 0 Å². The SMILES string of the molecule is CCCCCCCCCCC(F)(F)c1cccc(-c2ccc(C)s2)c1. The van der Waals surface area contributed by atoms with Gasteiger partial charge in [-0.15, -0.1) is 11.3 Å². The van der Waals surface area contributed by atoms with E-state index in [9.17, 15) is 8.78 Å². The molecular formula is C22H30F2S. The maximum absolute atomic E-state index is 14.5. The zero-order valence-corrected chi connectivity index (χ0v) is 16.3. The van der Waals surface area contributed by atoms with Gasteiger partial charge in [0, 0.05) is 21.7 Å². The van der Waals surface area contributed by atoms with Crippen LogP contribution in [-0.2, 0) is 5.92 Å². The quantitative estimate of drug-likeness (QED) is 0.351. The fourth-order valence-electron chi connectivity index (χ4n) is 3.11. The van der Waals surface area contributed by atoms with Crippen molar-refractivity contribution in [3.05, 3.63) is 46.8 Å². The Morgan fingerprint density at radius 3 is 2.20 bits per heavy atom. The lowest BCUT2D eigenvalue weighted by atomic mass is 9.99. The molecule has 25 heavy (non-hydrogen) atoms. The van der Waals surface area contributed by atoms with Gasteiger partial charge in [-0.25, -0.2) is 8.78 Å². The van der Waals surface area contributed by atoms with Crippen LogP contribution in [0.15, 0.2) is 36.4 Å². The van der Waals surface area contributed by atoms with E-state index >= 15 is 0 Å². The highest BCUT2D eigenvalue weighted by Gasteiger charge is 2.30. The Labute approximate surface area is 155 Å². The van der Waals surface area contributed by atoms with E-state index in [4.69, 9.17) is 0 Å². The van der Waals surface area contributed by atoms with Crippen LogP contribution in [0.1, 0.15) is 75.2 Å². The highest BCUT2D eigenvalue weighted by Crippen LogP contribution is 2.37. The van der Waals surface area contributed by atoms with E-state index in [1.165, 1.54) is 37.0 Å².